The van der Waals surface area contributed by atoms with Crippen LogP contribution in [0.4, 0.5) is 11.4 Å². The van der Waals surface area contributed by atoms with Gasteiger partial charge in [0.05, 0.1) is 10.5 Å². The van der Waals surface area contributed by atoms with Crippen LogP contribution in [0.3, 0.4) is 0 Å². The smallest absolute Gasteiger partial charge is 0.270 e. The van der Waals surface area contributed by atoms with E-state index in [0.717, 1.165) is 6.42 Å². The van der Waals surface area contributed by atoms with Gasteiger partial charge in [-0.25, -0.2) is 0 Å². The maximum Gasteiger partial charge on any atom is 0.270 e. The maximum absolute atomic E-state index is 12.4. The number of anilines is 1. The fourth-order valence-corrected chi connectivity index (χ4v) is 3.63. The summed E-state index contributed by atoms with van der Waals surface area (Å²) in [4.78, 5) is 22.7. The third kappa shape index (κ3) is 2.14. The van der Waals surface area contributed by atoms with E-state index in [1.54, 1.807) is 0 Å². The van der Waals surface area contributed by atoms with Crippen molar-refractivity contribution >= 4 is 17.3 Å². The number of fused-ring (bicyclic) bond motifs is 3. The molecule has 3 atom stereocenters. The number of nitrogen functional groups attached to an aromatic ring is 1. The van der Waals surface area contributed by atoms with Crippen LogP contribution >= 0.6 is 0 Å². The van der Waals surface area contributed by atoms with Crippen molar-refractivity contribution in [2.24, 2.45) is 5.92 Å². The maximum atomic E-state index is 12.4. The lowest BCUT2D eigenvalue weighted by atomic mass is 10.0. The van der Waals surface area contributed by atoms with Gasteiger partial charge in [0.1, 0.15) is 0 Å². The summed E-state index contributed by atoms with van der Waals surface area (Å²) in [5, 5.41) is 13.8. The molecule has 116 valence electrons. The molecule has 0 spiro atoms. The molecule has 6 nitrogen and oxygen atoms in total. The molecule has 2 aliphatic rings. The van der Waals surface area contributed by atoms with Crippen molar-refractivity contribution in [2.45, 2.75) is 18.4 Å². The molecule has 0 bridgehead atoms. The molecular formula is C17H15N3O3. The average Bonchev–Trinajstić information content (AvgIpc) is 3.04. The van der Waals surface area contributed by atoms with Crippen LogP contribution < -0.4 is 11.1 Å². The number of nitro groups is 1. The van der Waals surface area contributed by atoms with Crippen LogP contribution in [0.15, 0.2) is 42.5 Å². The first-order chi connectivity index (χ1) is 11.1. The average molecular weight is 309 g/mol. The molecule has 1 saturated carbocycles. The summed E-state index contributed by atoms with van der Waals surface area (Å²) in [7, 11) is 0. The van der Waals surface area contributed by atoms with Crippen LogP contribution in [-0.2, 0) is 6.42 Å². The molecule has 0 heterocycles. The summed E-state index contributed by atoms with van der Waals surface area (Å²) in [6.07, 6.45) is 0.968. The van der Waals surface area contributed by atoms with Gasteiger partial charge in [-0.1, -0.05) is 24.3 Å². The van der Waals surface area contributed by atoms with Crippen molar-refractivity contribution in [1.82, 2.24) is 5.32 Å². The molecule has 0 aromatic heterocycles. The second-order valence-corrected chi connectivity index (χ2v) is 6.12. The molecule has 2 aliphatic carbocycles. The number of rotatable bonds is 3. The third-order valence-corrected chi connectivity index (χ3v) is 4.83. The Hall–Kier alpha value is -2.89. The number of nitrogens with two attached hydrogens (primary N) is 1. The van der Waals surface area contributed by atoms with Crippen LogP contribution in [0.2, 0.25) is 0 Å². The van der Waals surface area contributed by atoms with Crippen molar-refractivity contribution < 1.29 is 9.72 Å². The second kappa shape index (κ2) is 4.81. The number of non-ortho nitro benzene ring substituents is 1. The van der Waals surface area contributed by atoms with E-state index < -0.39 is 4.92 Å². The van der Waals surface area contributed by atoms with Gasteiger partial charge in [0.2, 0.25) is 0 Å². The molecule has 6 heteroatoms. The Morgan fingerprint density at radius 1 is 1.26 bits per heavy atom. The topological polar surface area (TPSA) is 98.3 Å². The Bertz CT molecular complexity index is 834. The monoisotopic (exact) mass is 309 g/mol. The molecule has 4 rings (SSSR count). The van der Waals surface area contributed by atoms with Crippen LogP contribution in [0.25, 0.3) is 0 Å². The molecule has 0 unspecified atom stereocenters. The lowest BCUT2D eigenvalue weighted by molar-refractivity contribution is -0.384. The van der Waals surface area contributed by atoms with Crippen LogP contribution in [0.1, 0.15) is 27.4 Å². The third-order valence-electron chi connectivity index (χ3n) is 4.83. The van der Waals surface area contributed by atoms with E-state index in [0.29, 0.717) is 11.8 Å². The first kappa shape index (κ1) is 13.8. The predicted molar refractivity (Wildman–Crippen MR) is 85.1 cm³/mol. The Kier molecular flexibility index (Phi) is 2.87. The van der Waals surface area contributed by atoms with Crippen molar-refractivity contribution in [2.75, 3.05) is 5.73 Å². The largest absolute Gasteiger partial charge is 0.398 e. The standard InChI is InChI=1S/C17H15N3O3/c18-14-6-5-10(20(22)23)8-12(14)17(21)19-16-13-7-9-3-1-2-4-11(9)15(13)16/h1-6,8,13,15-16H,7,18H2,(H,19,21)/t13-,15-,16+/m0/s1. The number of amides is 1. The SMILES string of the molecule is Nc1ccc([N+](=O)[O-])cc1C(=O)N[C@@H]1[C@H]2Cc3ccccc3[C@@H]21. The molecule has 3 N–H and O–H groups in total. The van der Waals surface area contributed by atoms with Crippen LogP contribution in [-0.4, -0.2) is 16.9 Å². The van der Waals surface area contributed by atoms with Crippen molar-refractivity contribution in [3.8, 4) is 0 Å². The number of hydrogen-bond acceptors (Lipinski definition) is 4. The number of nitrogens with zero attached hydrogens (tertiary/aromatic N) is 1. The number of nitrogens with one attached hydrogen (secondary N) is 1. The number of carbonyl (C=O) groups excluding carboxylic acids is 1. The highest BCUT2D eigenvalue weighted by atomic mass is 16.6. The van der Waals surface area contributed by atoms with Gasteiger partial charge in [0.25, 0.3) is 11.6 Å². The Morgan fingerprint density at radius 2 is 2.04 bits per heavy atom. The molecule has 1 fully saturated rings. The summed E-state index contributed by atoms with van der Waals surface area (Å²) in [6, 6.07) is 12.3. The molecule has 0 radical (unpaired) electrons. The first-order valence-electron chi connectivity index (χ1n) is 7.49. The minimum atomic E-state index is -0.529. The minimum Gasteiger partial charge on any atom is -0.398 e. The van der Waals surface area contributed by atoms with Gasteiger partial charge in [0, 0.05) is 29.8 Å². The van der Waals surface area contributed by atoms with Gasteiger partial charge in [-0.05, 0) is 29.5 Å². The van der Waals surface area contributed by atoms with Gasteiger partial charge < -0.3 is 11.1 Å². The highest BCUT2D eigenvalue weighted by Crippen LogP contribution is 2.56. The predicted octanol–water partition coefficient (Wildman–Crippen LogP) is 2.25. The van der Waals surface area contributed by atoms with E-state index >= 15 is 0 Å². The van der Waals surface area contributed by atoms with E-state index in [4.69, 9.17) is 5.73 Å². The zero-order chi connectivity index (χ0) is 16.1. The molecular weight excluding hydrogens is 294 g/mol. The molecule has 1 amide bonds. The summed E-state index contributed by atoms with van der Waals surface area (Å²) in [5.74, 6) is 0.439. The van der Waals surface area contributed by atoms with Crippen molar-refractivity contribution in [1.29, 1.82) is 0 Å². The number of nitro benzene ring substituents is 1. The van der Waals surface area contributed by atoms with E-state index in [1.165, 1.54) is 29.3 Å². The molecule has 2 aromatic rings. The fourth-order valence-electron chi connectivity index (χ4n) is 3.63. The van der Waals surface area contributed by atoms with Gasteiger partial charge in [-0.2, -0.15) is 0 Å². The van der Waals surface area contributed by atoms with Crippen molar-refractivity contribution in [3.63, 3.8) is 0 Å². The van der Waals surface area contributed by atoms with Gasteiger partial charge in [0.15, 0.2) is 0 Å². The van der Waals surface area contributed by atoms with E-state index in [9.17, 15) is 14.9 Å². The molecule has 0 saturated heterocycles. The van der Waals surface area contributed by atoms with E-state index in [1.807, 2.05) is 12.1 Å². The quantitative estimate of drug-likeness (QED) is 0.516. The molecule has 0 aliphatic heterocycles. The molecule has 23 heavy (non-hydrogen) atoms. The zero-order valence-electron chi connectivity index (χ0n) is 12.2. The molecule has 2 aromatic carbocycles. The summed E-state index contributed by atoms with van der Waals surface area (Å²) in [5.41, 5.74) is 8.73. The van der Waals surface area contributed by atoms with Gasteiger partial charge in [-0.15, -0.1) is 0 Å². The summed E-state index contributed by atoms with van der Waals surface area (Å²) in [6.45, 7) is 0. The highest BCUT2D eigenvalue weighted by molar-refractivity contribution is 6.00. The Morgan fingerprint density at radius 3 is 2.83 bits per heavy atom. The van der Waals surface area contributed by atoms with Crippen LogP contribution in [0, 0.1) is 16.0 Å². The lowest BCUT2D eigenvalue weighted by Crippen LogP contribution is -2.29. The fraction of sp³-hybridized carbons (Fsp3) is 0.235. The number of carbonyl (C=O) groups is 1. The normalized spacial score (nSPS) is 23.7. The summed E-state index contributed by atoms with van der Waals surface area (Å²) >= 11 is 0. The van der Waals surface area contributed by atoms with E-state index in [-0.39, 0.29) is 28.9 Å². The minimum absolute atomic E-state index is 0.0936. The zero-order valence-corrected chi connectivity index (χ0v) is 12.2. The lowest BCUT2D eigenvalue weighted by Gasteiger charge is -2.10. The first-order valence-corrected chi connectivity index (χ1v) is 7.49. The Balaban J connectivity index is 1.53. The van der Waals surface area contributed by atoms with E-state index in [2.05, 4.69) is 17.4 Å². The van der Waals surface area contributed by atoms with Gasteiger partial charge in [-0.3, -0.25) is 14.9 Å². The van der Waals surface area contributed by atoms with Gasteiger partial charge >= 0.3 is 0 Å². The number of hydrogen-bond donors (Lipinski definition) is 2. The highest BCUT2D eigenvalue weighted by Gasteiger charge is 2.56. The number of benzene rings is 2. The van der Waals surface area contributed by atoms with Crippen LogP contribution in [0.5, 0.6) is 0 Å². The van der Waals surface area contributed by atoms with Crippen molar-refractivity contribution in [3.05, 3.63) is 69.3 Å². The summed E-state index contributed by atoms with van der Waals surface area (Å²) < 4.78 is 0. The second-order valence-electron chi connectivity index (χ2n) is 6.12. The Labute approximate surface area is 132 Å².